The van der Waals surface area contributed by atoms with Crippen LogP contribution in [-0.2, 0) is 11.3 Å². The molecule has 2 heterocycles. The van der Waals surface area contributed by atoms with Crippen molar-refractivity contribution in [2.24, 2.45) is 5.92 Å². The minimum atomic E-state index is 0.0430. The third-order valence-electron chi connectivity index (χ3n) is 5.19. The molecule has 1 aliphatic heterocycles. The van der Waals surface area contributed by atoms with Crippen molar-refractivity contribution in [1.82, 2.24) is 15.1 Å². The van der Waals surface area contributed by atoms with E-state index >= 15 is 0 Å². The van der Waals surface area contributed by atoms with Crippen molar-refractivity contribution >= 4 is 11.9 Å². The third-order valence-corrected chi connectivity index (χ3v) is 5.19. The maximum atomic E-state index is 12.8. The second kappa shape index (κ2) is 8.25. The molecule has 28 heavy (non-hydrogen) atoms. The molecule has 0 atom stereocenters. The first-order valence-corrected chi connectivity index (χ1v) is 9.63. The van der Waals surface area contributed by atoms with Crippen molar-refractivity contribution in [2.45, 2.75) is 19.4 Å². The average Bonchev–Trinajstić information content (AvgIpc) is 3.25. The number of amides is 1. The maximum absolute atomic E-state index is 12.8. The zero-order valence-corrected chi connectivity index (χ0v) is 16.0. The predicted octanol–water partition coefficient (Wildman–Crippen LogP) is 3.61. The Morgan fingerprint density at radius 1 is 1.04 bits per heavy atom. The maximum Gasteiger partial charge on any atom is 0.318 e. The highest BCUT2D eigenvalue weighted by molar-refractivity contribution is 5.78. The SMILES string of the molecule is CN(Cc1ccccc1)C(=O)C1CCN(c2nnc(-c3ccccc3)o2)CC1. The number of hydrogen-bond acceptors (Lipinski definition) is 5. The van der Waals surface area contributed by atoms with Gasteiger partial charge in [0.2, 0.25) is 11.8 Å². The Labute approximate surface area is 164 Å². The van der Waals surface area contributed by atoms with Crippen molar-refractivity contribution < 1.29 is 9.21 Å². The Bertz CT molecular complexity index is 903. The molecule has 1 saturated heterocycles. The van der Waals surface area contributed by atoms with Gasteiger partial charge < -0.3 is 14.2 Å². The summed E-state index contributed by atoms with van der Waals surface area (Å²) in [7, 11) is 1.88. The van der Waals surface area contributed by atoms with Gasteiger partial charge in [0.25, 0.3) is 0 Å². The molecule has 2 aromatic carbocycles. The summed E-state index contributed by atoms with van der Waals surface area (Å²) in [5.41, 5.74) is 2.06. The molecule has 6 heteroatoms. The molecule has 0 saturated carbocycles. The Balaban J connectivity index is 1.33. The zero-order chi connectivity index (χ0) is 19.3. The highest BCUT2D eigenvalue weighted by Gasteiger charge is 2.29. The molecule has 4 rings (SSSR count). The molecule has 1 aliphatic rings. The van der Waals surface area contributed by atoms with Crippen LogP contribution in [0.5, 0.6) is 0 Å². The molecule has 0 radical (unpaired) electrons. The minimum absolute atomic E-state index is 0.0430. The predicted molar refractivity (Wildman–Crippen MR) is 108 cm³/mol. The number of rotatable bonds is 5. The van der Waals surface area contributed by atoms with Crippen LogP contribution >= 0.6 is 0 Å². The van der Waals surface area contributed by atoms with E-state index in [0.717, 1.165) is 37.1 Å². The fourth-order valence-corrected chi connectivity index (χ4v) is 3.61. The van der Waals surface area contributed by atoms with E-state index < -0.39 is 0 Å². The van der Waals surface area contributed by atoms with Crippen molar-refractivity contribution in [3.63, 3.8) is 0 Å². The molecule has 1 fully saturated rings. The quantitative estimate of drug-likeness (QED) is 0.681. The molecular weight excluding hydrogens is 352 g/mol. The number of carbonyl (C=O) groups excluding carboxylic acids is 1. The monoisotopic (exact) mass is 376 g/mol. The highest BCUT2D eigenvalue weighted by atomic mass is 16.4. The topological polar surface area (TPSA) is 62.5 Å². The largest absolute Gasteiger partial charge is 0.403 e. The van der Waals surface area contributed by atoms with Gasteiger partial charge in [0.05, 0.1) is 0 Å². The fraction of sp³-hybridized carbons (Fsp3) is 0.318. The summed E-state index contributed by atoms with van der Waals surface area (Å²) < 4.78 is 5.84. The van der Waals surface area contributed by atoms with E-state index in [2.05, 4.69) is 15.1 Å². The van der Waals surface area contributed by atoms with Crippen molar-refractivity contribution in [3.8, 4) is 11.5 Å². The van der Waals surface area contributed by atoms with Gasteiger partial charge in [0.15, 0.2) is 0 Å². The first kappa shape index (κ1) is 18.2. The van der Waals surface area contributed by atoms with E-state index in [0.29, 0.717) is 18.5 Å². The lowest BCUT2D eigenvalue weighted by atomic mass is 9.95. The number of carbonyl (C=O) groups is 1. The lowest BCUT2D eigenvalue weighted by Gasteiger charge is -2.32. The summed E-state index contributed by atoms with van der Waals surface area (Å²) in [4.78, 5) is 16.7. The summed E-state index contributed by atoms with van der Waals surface area (Å²) in [6.07, 6.45) is 1.59. The number of benzene rings is 2. The van der Waals surface area contributed by atoms with E-state index in [1.165, 1.54) is 0 Å². The summed E-state index contributed by atoms with van der Waals surface area (Å²) in [5.74, 6) is 0.775. The van der Waals surface area contributed by atoms with Crippen LogP contribution < -0.4 is 4.90 Å². The molecule has 1 amide bonds. The van der Waals surface area contributed by atoms with Crippen LogP contribution in [0, 0.1) is 5.92 Å². The molecule has 0 N–H and O–H groups in total. The van der Waals surface area contributed by atoms with E-state index in [9.17, 15) is 4.79 Å². The third kappa shape index (κ3) is 4.06. The van der Waals surface area contributed by atoms with Crippen LogP contribution in [0.4, 0.5) is 6.01 Å². The molecule has 0 aliphatic carbocycles. The van der Waals surface area contributed by atoms with Gasteiger partial charge in [-0.1, -0.05) is 53.6 Å². The standard InChI is InChI=1S/C22H24N4O2/c1-25(16-17-8-4-2-5-9-17)21(27)19-12-14-26(15-13-19)22-24-23-20(28-22)18-10-6-3-7-11-18/h2-11,19H,12-16H2,1H3. The Kier molecular flexibility index (Phi) is 5.37. The zero-order valence-electron chi connectivity index (χ0n) is 16.0. The first-order chi connectivity index (χ1) is 13.7. The highest BCUT2D eigenvalue weighted by Crippen LogP contribution is 2.26. The van der Waals surface area contributed by atoms with Crippen LogP contribution in [-0.4, -0.2) is 41.1 Å². The molecule has 6 nitrogen and oxygen atoms in total. The minimum Gasteiger partial charge on any atom is -0.403 e. The molecule has 0 unspecified atom stereocenters. The fourth-order valence-electron chi connectivity index (χ4n) is 3.61. The number of hydrogen-bond donors (Lipinski definition) is 0. The van der Waals surface area contributed by atoms with Gasteiger partial charge in [-0.3, -0.25) is 4.79 Å². The summed E-state index contributed by atoms with van der Waals surface area (Å²) >= 11 is 0. The summed E-state index contributed by atoms with van der Waals surface area (Å²) in [5, 5.41) is 8.35. The van der Waals surface area contributed by atoms with Crippen molar-refractivity contribution in [3.05, 3.63) is 66.2 Å². The van der Waals surface area contributed by atoms with E-state index in [1.807, 2.05) is 72.6 Å². The lowest BCUT2D eigenvalue weighted by molar-refractivity contribution is -0.135. The van der Waals surface area contributed by atoms with E-state index in [4.69, 9.17) is 4.42 Å². The lowest BCUT2D eigenvalue weighted by Crippen LogP contribution is -2.41. The number of anilines is 1. The van der Waals surface area contributed by atoms with Gasteiger partial charge in [0.1, 0.15) is 0 Å². The second-order valence-corrected chi connectivity index (χ2v) is 7.20. The normalized spacial score (nSPS) is 14.8. The molecular formula is C22H24N4O2. The van der Waals surface area contributed by atoms with E-state index in [1.54, 1.807) is 0 Å². The second-order valence-electron chi connectivity index (χ2n) is 7.20. The van der Waals surface area contributed by atoms with E-state index in [-0.39, 0.29) is 11.8 Å². The molecule has 144 valence electrons. The summed E-state index contributed by atoms with van der Waals surface area (Å²) in [6, 6.07) is 20.4. The number of aromatic nitrogens is 2. The van der Waals surface area contributed by atoms with Gasteiger partial charge >= 0.3 is 6.01 Å². The Morgan fingerprint density at radius 3 is 2.36 bits per heavy atom. The van der Waals surface area contributed by atoms with Crippen molar-refractivity contribution in [1.29, 1.82) is 0 Å². The van der Waals surface area contributed by atoms with Crippen LogP contribution in [0.25, 0.3) is 11.5 Å². The Hall–Kier alpha value is -3.15. The number of nitrogens with zero attached hydrogens (tertiary/aromatic N) is 4. The number of piperidine rings is 1. The van der Waals surface area contributed by atoms with Crippen LogP contribution in [0.2, 0.25) is 0 Å². The smallest absolute Gasteiger partial charge is 0.318 e. The van der Waals surface area contributed by atoms with Gasteiger partial charge in [0, 0.05) is 38.2 Å². The molecule has 1 aromatic heterocycles. The van der Waals surface area contributed by atoms with Crippen LogP contribution in [0.1, 0.15) is 18.4 Å². The van der Waals surface area contributed by atoms with Gasteiger partial charge in [-0.15, -0.1) is 5.10 Å². The van der Waals surface area contributed by atoms with Crippen molar-refractivity contribution in [2.75, 3.05) is 25.0 Å². The van der Waals surface area contributed by atoms with Gasteiger partial charge in [-0.05, 0) is 30.5 Å². The van der Waals surface area contributed by atoms with Gasteiger partial charge in [-0.2, -0.15) is 0 Å². The van der Waals surface area contributed by atoms with Crippen LogP contribution in [0.15, 0.2) is 65.1 Å². The first-order valence-electron chi connectivity index (χ1n) is 9.63. The molecule has 0 bridgehead atoms. The van der Waals surface area contributed by atoms with Crippen LogP contribution in [0.3, 0.4) is 0 Å². The average molecular weight is 376 g/mol. The Morgan fingerprint density at radius 2 is 1.68 bits per heavy atom. The molecule has 0 spiro atoms. The van der Waals surface area contributed by atoms with Gasteiger partial charge in [-0.25, -0.2) is 0 Å². The summed E-state index contributed by atoms with van der Waals surface area (Å²) in [6.45, 7) is 2.13. The molecule has 3 aromatic rings.